The van der Waals surface area contributed by atoms with Gasteiger partial charge in [0.05, 0.1) is 0 Å². The molecule has 0 amide bonds. The van der Waals surface area contributed by atoms with Gasteiger partial charge in [0.25, 0.3) is 0 Å². The summed E-state index contributed by atoms with van der Waals surface area (Å²) < 4.78 is 0. The van der Waals surface area contributed by atoms with Crippen molar-refractivity contribution in [2.75, 3.05) is 6.16 Å². The summed E-state index contributed by atoms with van der Waals surface area (Å²) in [5.41, 5.74) is 1.57. The third kappa shape index (κ3) is 4.73. The molecule has 1 saturated carbocycles. The average molecular weight is 264 g/mol. The minimum atomic E-state index is 0.188. The third-order valence-corrected chi connectivity index (χ3v) is 7.89. The summed E-state index contributed by atoms with van der Waals surface area (Å²) in [5.74, 6) is 0. The Labute approximate surface area is 91.5 Å². The van der Waals surface area contributed by atoms with Crippen LogP contribution in [0.4, 0.5) is 0 Å². The molecule has 0 aromatic rings. The molecule has 0 bridgehead atoms. The van der Waals surface area contributed by atoms with Crippen LogP contribution in [0.25, 0.3) is 0 Å². The number of hydrogen-bond donors (Lipinski definition) is 0. The van der Waals surface area contributed by atoms with Gasteiger partial charge in [0.2, 0.25) is 0 Å². The van der Waals surface area contributed by atoms with Crippen LogP contribution in [-0.4, -0.2) is 26.9 Å². The summed E-state index contributed by atoms with van der Waals surface area (Å²) in [7, 11) is 0. The van der Waals surface area contributed by atoms with Crippen LogP contribution >= 0.6 is 6.17 Å². The van der Waals surface area contributed by atoms with Crippen molar-refractivity contribution in [2.24, 2.45) is 5.41 Å². The van der Waals surface area contributed by atoms with Crippen LogP contribution in [0.1, 0.15) is 52.9 Å². The molecule has 0 aromatic carbocycles. The molecule has 1 rings (SSSR count). The molecule has 13 heavy (non-hydrogen) atoms. The fourth-order valence-corrected chi connectivity index (χ4v) is 7.86. The summed E-state index contributed by atoms with van der Waals surface area (Å²) in [6.45, 7) is 7.09. The minimum absolute atomic E-state index is 0.188. The Bertz CT molecular complexity index is 175. The summed E-state index contributed by atoms with van der Waals surface area (Å²) in [4.78, 5) is 0. The molecular formula is C11H22PSe+. The van der Waals surface area contributed by atoms with Gasteiger partial charge in [-0.15, -0.1) is 0 Å². The van der Waals surface area contributed by atoms with Crippen LogP contribution in [0, 0.1) is 5.41 Å². The quantitative estimate of drug-likeness (QED) is 0.523. The molecule has 1 aliphatic carbocycles. The van der Waals surface area contributed by atoms with E-state index >= 15 is 0 Å². The Hall–Kier alpha value is 0.819. The molecule has 0 aliphatic heterocycles. The van der Waals surface area contributed by atoms with Crippen LogP contribution in [0.2, 0.25) is 0 Å². The second kappa shape index (κ2) is 5.06. The van der Waals surface area contributed by atoms with Crippen molar-refractivity contribution in [3.05, 3.63) is 0 Å². The van der Waals surface area contributed by atoms with Crippen LogP contribution < -0.4 is 0 Å². The molecule has 1 aliphatic rings. The van der Waals surface area contributed by atoms with Crippen molar-refractivity contribution in [1.82, 2.24) is 0 Å². The molecule has 0 nitrogen and oxygen atoms in total. The van der Waals surface area contributed by atoms with E-state index in [0.717, 1.165) is 5.66 Å². The van der Waals surface area contributed by atoms with E-state index in [0.29, 0.717) is 5.41 Å². The molecule has 1 atom stereocenters. The summed E-state index contributed by atoms with van der Waals surface area (Å²) in [5, 5.41) is 0. The van der Waals surface area contributed by atoms with Gasteiger partial charge in [-0.25, -0.2) is 0 Å². The Balaban J connectivity index is 2.38. The zero-order chi connectivity index (χ0) is 9.90. The molecule has 0 radical (unpaired) electrons. The Morgan fingerprint density at radius 2 is 1.69 bits per heavy atom. The first-order chi connectivity index (χ1) is 5.99. The van der Waals surface area contributed by atoms with Gasteiger partial charge in [-0.05, 0) is 0 Å². The molecule has 0 saturated heterocycles. The zero-order valence-corrected chi connectivity index (χ0v) is 11.8. The number of hydrogen-bond acceptors (Lipinski definition) is 0. The van der Waals surface area contributed by atoms with Crippen molar-refractivity contribution in [1.29, 1.82) is 0 Å². The van der Waals surface area contributed by atoms with E-state index in [1.54, 1.807) is 0 Å². The van der Waals surface area contributed by atoms with Crippen molar-refractivity contribution >= 4 is 21.3 Å². The second-order valence-electron chi connectivity index (χ2n) is 5.43. The normalized spacial score (nSPS) is 21.6. The molecule has 76 valence electrons. The van der Waals surface area contributed by atoms with Gasteiger partial charge in [0.15, 0.2) is 0 Å². The molecular weight excluding hydrogens is 242 g/mol. The van der Waals surface area contributed by atoms with E-state index in [9.17, 15) is 0 Å². The first-order valence-corrected chi connectivity index (χ1v) is 9.24. The molecule has 2 heteroatoms. The monoisotopic (exact) mass is 265 g/mol. The second-order valence-corrected chi connectivity index (χ2v) is 10.3. The third-order valence-electron chi connectivity index (χ3n) is 2.61. The van der Waals surface area contributed by atoms with Crippen LogP contribution in [0.5, 0.6) is 0 Å². The van der Waals surface area contributed by atoms with E-state index in [2.05, 4.69) is 35.9 Å². The van der Waals surface area contributed by atoms with Crippen molar-refractivity contribution in [2.45, 2.75) is 58.5 Å². The Morgan fingerprint density at radius 3 is 2.15 bits per heavy atom. The van der Waals surface area contributed by atoms with E-state index in [-0.39, 0.29) is 6.17 Å². The molecule has 1 unspecified atom stereocenters. The zero-order valence-electron chi connectivity index (χ0n) is 9.18. The standard InChI is InChI=1S/C11H22PSe/c1-11(2,3)9-12(13)10-7-5-4-6-8-10/h10H,4-9H2,1-3H3/q+1. The van der Waals surface area contributed by atoms with E-state index in [1.807, 2.05) is 0 Å². The van der Waals surface area contributed by atoms with Crippen LogP contribution in [0.15, 0.2) is 0 Å². The molecule has 0 spiro atoms. The van der Waals surface area contributed by atoms with E-state index in [4.69, 9.17) is 0 Å². The maximum atomic E-state index is 3.47. The number of rotatable bonds is 2. The summed E-state index contributed by atoms with van der Waals surface area (Å²) >= 11 is 3.47. The first kappa shape index (κ1) is 11.9. The predicted molar refractivity (Wildman–Crippen MR) is 63.9 cm³/mol. The Kier molecular flexibility index (Phi) is 4.63. The van der Waals surface area contributed by atoms with Crippen LogP contribution in [0.3, 0.4) is 0 Å². The summed E-state index contributed by atoms with van der Waals surface area (Å²) in [6.07, 6.45) is 9.03. The average Bonchev–Trinajstić information content (AvgIpc) is 2.03. The molecule has 0 aromatic heterocycles. The maximum absolute atomic E-state index is 3.47. The van der Waals surface area contributed by atoms with Crippen molar-refractivity contribution in [3.8, 4) is 0 Å². The Morgan fingerprint density at radius 1 is 1.15 bits per heavy atom. The summed E-state index contributed by atoms with van der Waals surface area (Å²) in [6, 6.07) is 0. The fourth-order valence-electron chi connectivity index (χ4n) is 1.97. The molecule has 1 fully saturated rings. The predicted octanol–water partition coefficient (Wildman–Crippen LogP) is 3.93. The van der Waals surface area contributed by atoms with Gasteiger partial charge in [-0.3, -0.25) is 0 Å². The van der Waals surface area contributed by atoms with Gasteiger partial charge in [0.1, 0.15) is 0 Å². The molecule has 0 heterocycles. The van der Waals surface area contributed by atoms with Gasteiger partial charge < -0.3 is 0 Å². The van der Waals surface area contributed by atoms with Gasteiger partial charge in [0, 0.05) is 0 Å². The topological polar surface area (TPSA) is 0 Å². The van der Waals surface area contributed by atoms with Gasteiger partial charge in [-0.2, -0.15) is 0 Å². The van der Waals surface area contributed by atoms with Crippen molar-refractivity contribution < 1.29 is 0 Å². The molecule has 0 N–H and O–H groups in total. The fraction of sp³-hybridized carbons (Fsp3) is 1.00. The van der Waals surface area contributed by atoms with Gasteiger partial charge >= 0.3 is 91.4 Å². The van der Waals surface area contributed by atoms with Gasteiger partial charge in [-0.1, -0.05) is 0 Å². The SMILES string of the molecule is CC(C)(C)C[P+](=[Se])C1CCCCC1. The van der Waals surface area contributed by atoms with Crippen LogP contribution in [-0.2, 0) is 0 Å². The van der Waals surface area contributed by atoms with E-state index in [1.165, 1.54) is 38.3 Å². The van der Waals surface area contributed by atoms with E-state index < -0.39 is 0 Å². The van der Waals surface area contributed by atoms with Crippen molar-refractivity contribution in [3.63, 3.8) is 0 Å². The first-order valence-electron chi connectivity index (χ1n) is 5.43.